The maximum atomic E-state index is 5.18. The Bertz CT molecular complexity index is 491. The minimum atomic E-state index is 0.892. The number of methoxy groups -OCH3 is 1. The number of rotatable bonds is 4. The molecule has 0 saturated heterocycles. The molecule has 0 aliphatic carbocycles. The second-order valence-corrected chi connectivity index (χ2v) is 4.49. The van der Waals surface area contributed by atoms with Gasteiger partial charge in [-0.3, -0.25) is 0 Å². The lowest BCUT2D eigenvalue weighted by molar-refractivity contribution is 0.413. The Kier molecular flexibility index (Phi) is 4.28. The molecule has 86 valence electrons. The molecule has 0 bridgehead atoms. The van der Waals surface area contributed by atoms with E-state index in [-0.39, 0.29) is 0 Å². The summed E-state index contributed by atoms with van der Waals surface area (Å²) in [5.41, 5.74) is 1.21. The van der Waals surface area contributed by atoms with E-state index in [0.29, 0.717) is 0 Å². The molecular weight excluding hydrogens is 228 g/mol. The highest BCUT2D eigenvalue weighted by Gasteiger charge is 1.93. The topological polar surface area (TPSA) is 9.23 Å². The Morgan fingerprint density at radius 1 is 1.00 bits per heavy atom. The number of hydrogen-bond acceptors (Lipinski definition) is 2. The predicted octanol–water partition coefficient (Wildman–Crippen LogP) is 4.46. The summed E-state index contributed by atoms with van der Waals surface area (Å²) >= 11 is 1.68. The van der Waals surface area contributed by atoms with Crippen LogP contribution in [0.15, 0.2) is 64.9 Å². The van der Waals surface area contributed by atoms with Crippen LogP contribution in [-0.2, 0) is 0 Å². The molecule has 2 aromatic carbocycles. The normalized spacial score (nSPS) is 10.6. The third-order valence-corrected chi connectivity index (χ3v) is 3.10. The van der Waals surface area contributed by atoms with Crippen LogP contribution < -0.4 is 4.74 Å². The third kappa shape index (κ3) is 3.68. The molecule has 2 heteroatoms. The zero-order chi connectivity index (χ0) is 11.9. The van der Waals surface area contributed by atoms with Gasteiger partial charge in [-0.15, -0.1) is 0 Å². The molecule has 0 radical (unpaired) electrons. The summed E-state index contributed by atoms with van der Waals surface area (Å²) in [5.74, 6) is 0.892. The zero-order valence-corrected chi connectivity index (χ0v) is 10.5. The van der Waals surface area contributed by atoms with E-state index in [9.17, 15) is 0 Å². The van der Waals surface area contributed by atoms with Crippen LogP contribution in [-0.4, -0.2) is 7.11 Å². The molecule has 0 atom stereocenters. The molecule has 0 saturated carbocycles. The first-order valence-corrected chi connectivity index (χ1v) is 6.29. The van der Waals surface area contributed by atoms with E-state index < -0.39 is 0 Å². The maximum Gasteiger partial charge on any atom is 0.119 e. The van der Waals surface area contributed by atoms with Gasteiger partial charge in [-0.1, -0.05) is 48.2 Å². The first-order valence-electron chi connectivity index (χ1n) is 5.41. The molecule has 0 aromatic heterocycles. The molecule has 0 N–H and O–H groups in total. The molecule has 2 rings (SSSR count). The fraction of sp³-hybridized carbons (Fsp3) is 0.0667. The summed E-state index contributed by atoms with van der Waals surface area (Å²) in [6.07, 6.45) is 2.10. The Hall–Kier alpha value is -1.67. The second-order valence-electron chi connectivity index (χ2n) is 3.51. The van der Waals surface area contributed by atoms with Gasteiger partial charge >= 0.3 is 0 Å². The zero-order valence-electron chi connectivity index (χ0n) is 9.67. The first kappa shape index (κ1) is 11.8. The van der Waals surface area contributed by atoms with E-state index in [1.165, 1.54) is 10.5 Å². The highest BCUT2D eigenvalue weighted by Crippen LogP contribution is 2.24. The van der Waals surface area contributed by atoms with Crippen molar-refractivity contribution in [2.24, 2.45) is 0 Å². The quantitative estimate of drug-likeness (QED) is 0.732. The largest absolute Gasteiger partial charge is 0.497 e. The minimum absolute atomic E-state index is 0.892. The van der Waals surface area contributed by atoms with E-state index in [1.54, 1.807) is 18.9 Å². The van der Waals surface area contributed by atoms with Gasteiger partial charge in [0.15, 0.2) is 0 Å². The Morgan fingerprint density at radius 2 is 1.82 bits per heavy atom. The van der Waals surface area contributed by atoms with Crippen LogP contribution in [0.5, 0.6) is 5.75 Å². The van der Waals surface area contributed by atoms with E-state index in [2.05, 4.69) is 29.7 Å². The van der Waals surface area contributed by atoms with Crippen molar-refractivity contribution in [3.8, 4) is 5.75 Å². The van der Waals surface area contributed by atoms with Gasteiger partial charge in [-0.05, 0) is 35.2 Å². The van der Waals surface area contributed by atoms with Crippen LogP contribution in [0.2, 0.25) is 0 Å². The fourth-order valence-corrected chi connectivity index (χ4v) is 2.15. The van der Waals surface area contributed by atoms with Gasteiger partial charge in [0.05, 0.1) is 7.11 Å². The van der Waals surface area contributed by atoms with Crippen molar-refractivity contribution < 1.29 is 4.74 Å². The molecule has 0 aliphatic rings. The molecule has 2 aromatic rings. The van der Waals surface area contributed by atoms with Crippen LogP contribution in [0.3, 0.4) is 0 Å². The van der Waals surface area contributed by atoms with Crippen molar-refractivity contribution in [3.05, 3.63) is 65.6 Å². The van der Waals surface area contributed by atoms with Gasteiger partial charge in [0.2, 0.25) is 0 Å². The number of thioether (sulfide) groups is 1. The van der Waals surface area contributed by atoms with Crippen molar-refractivity contribution >= 4 is 17.8 Å². The van der Waals surface area contributed by atoms with Gasteiger partial charge in [-0.25, -0.2) is 0 Å². The predicted molar refractivity (Wildman–Crippen MR) is 74.3 cm³/mol. The van der Waals surface area contributed by atoms with Crippen LogP contribution in [0.4, 0.5) is 0 Å². The highest BCUT2D eigenvalue weighted by atomic mass is 32.2. The number of hydrogen-bond donors (Lipinski definition) is 0. The van der Waals surface area contributed by atoms with Crippen LogP contribution in [0.25, 0.3) is 6.08 Å². The van der Waals surface area contributed by atoms with Gasteiger partial charge in [0.1, 0.15) is 5.75 Å². The van der Waals surface area contributed by atoms with Gasteiger partial charge < -0.3 is 4.74 Å². The smallest absolute Gasteiger partial charge is 0.119 e. The van der Waals surface area contributed by atoms with Crippen molar-refractivity contribution in [1.82, 2.24) is 0 Å². The molecule has 0 aliphatic heterocycles. The average Bonchev–Trinajstić information content (AvgIpc) is 2.40. The van der Waals surface area contributed by atoms with E-state index in [1.807, 2.05) is 36.4 Å². The summed E-state index contributed by atoms with van der Waals surface area (Å²) in [5, 5.41) is 2.09. The van der Waals surface area contributed by atoms with Gasteiger partial charge in [-0.2, -0.15) is 0 Å². The lowest BCUT2D eigenvalue weighted by Gasteiger charge is -2.01. The van der Waals surface area contributed by atoms with Crippen LogP contribution in [0.1, 0.15) is 5.56 Å². The van der Waals surface area contributed by atoms with Crippen molar-refractivity contribution in [1.29, 1.82) is 0 Å². The standard InChI is InChI=1S/C15H14OS/c1-16-14-8-5-9-15(12-14)17-11-10-13-6-3-2-4-7-13/h2-12H,1H3/b11-10-. The number of ether oxygens (including phenoxy) is 1. The molecule has 0 fully saturated rings. The van der Waals surface area contributed by atoms with Crippen molar-refractivity contribution in [3.63, 3.8) is 0 Å². The first-order chi connectivity index (χ1) is 8.38. The van der Waals surface area contributed by atoms with E-state index in [0.717, 1.165) is 5.75 Å². The minimum Gasteiger partial charge on any atom is -0.497 e. The Morgan fingerprint density at radius 3 is 2.59 bits per heavy atom. The van der Waals surface area contributed by atoms with Crippen LogP contribution in [0, 0.1) is 0 Å². The molecule has 0 unspecified atom stereocenters. The summed E-state index contributed by atoms with van der Waals surface area (Å²) < 4.78 is 5.18. The van der Waals surface area contributed by atoms with E-state index >= 15 is 0 Å². The summed E-state index contributed by atoms with van der Waals surface area (Å²) in [4.78, 5) is 1.18. The third-order valence-electron chi connectivity index (χ3n) is 2.31. The molecule has 0 amide bonds. The molecule has 1 nitrogen and oxygen atoms in total. The summed E-state index contributed by atoms with van der Waals surface area (Å²) in [6.45, 7) is 0. The lowest BCUT2D eigenvalue weighted by atomic mass is 10.2. The summed E-state index contributed by atoms with van der Waals surface area (Å²) in [7, 11) is 1.68. The molecule has 0 heterocycles. The van der Waals surface area contributed by atoms with Crippen molar-refractivity contribution in [2.45, 2.75) is 4.90 Å². The number of benzene rings is 2. The summed E-state index contributed by atoms with van der Waals surface area (Å²) in [6, 6.07) is 18.3. The average molecular weight is 242 g/mol. The SMILES string of the molecule is COc1cccc(S/C=C\c2ccccc2)c1. The lowest BCUT2D eigenvalue weighted by Crippen LogP contribution is -1.81. The monoisotopic (exact) mass is 242 g/mol. The highest BCUT2D eigenvalue weighted by molar-refractivity contribution is 8.02. The Balaban J connectivity index is 2.00. The molecule has 0 spiro atoms. The van der Waals surface area contributed by atoms with Gasteiger partial charge in [0, 0.05) is 4.90 Å². The van der Waals surface area contributed by atoms with Crippen LogP contribution >= 0.6 is 11.8 Å². The fourth-order valence-electron chi connectivity index (χ4n) is 1.43. The maximum absolute atomic E-state index is 5.18. The van der Waals surface area contributed by atoms with Crippen molar-refractivity contribution in [2.75, 3.05) is 7.11 Å². The Labute approximate surface area is 106 Å². The molecular formula is C15H14OS. The van der Waals surface area contributed by atoms with E-state index in [4.69, 9.17) is 4.74 Å². The molecule has 17 heavy (non-hydrogen) atoms. The van der Waals surface area contributed by atoms with Gasteiger partial charge in [0.25, 0.3) is 0 Å². The second kappa shape index (κ2) is 6.16.